The summed E-state index contributed by atoms with van der Waals surface area (Å²) in [5, 5.41) is 12.9. The Hall–Kier alpha value is -1.82. The van der Waals surface area contributed by atoms with Crippen molar-refractivity contribution in [2.24, 2.45) is 0 Å². The highest BCUT2D eigenvalue weighted by atomic mass is 35.5. The maximum Gasteiger partial charge on any atom is 0.180 e. The lowest BCUT2D eigenvalue weighted by molar-refractivity contribution is 0.187. The molecule has 2 rings (SSSR count). The second-order valence-electron chi connectivity index (χ2n) is 6.38. The van der Waals surface area contributed by atoms with Gasteiger partial charge in [-0.1, -0.05) is 29.8 Å². The Kier molecular flexibility index (Phi) is 6.64. The number of ether oxygens (including phenoxy) is 2. The molecule has 0 aliphatic carbocycles. The molecule has 0 aromatic heterocycles. The fourth-order valence-electron chi connectivity index (χ4n) is 2.18. The third kappa shape index (κ3) is 5.33. The predicted octanol–water partition coefficient (Wildman–Crippen LogP) is 3.93. The summed E-state index contributed by atoms with van der Waals surface area (Å²) >= 11 is 6.33. The average molecular weight is 368 g/mol. The second kappa shape index (κ2) is 8.52. The molecule has 0 amide bonds. The first kappa shape index (κ1) is 19.5. The molecule has 4 nitrogen and oxygen atoms in total. The van der Waals surface area contributed by atoms with Gasteiger partial charge in [0, 0.05) is 17.6 Å². The van der Waals surface area contributed by atoms with Crippen molar-refractivity contribution in [3.05, 3.63) is 58.4 Å². The summed E-state index contributed by atoms with van der Waals surface area (Å²) in [6, 6.07) is 9.99. The van der Waals surface area contributed by atoms with Gasteiger partial charge in [-0.2, -0.15) is 0 Å². The summed E-state index contributed by atoms with van der Waals surface area (Å²) in [6.45, 7) is 4.38. The Morgan fingerprint density at radius 2 is 1.96 bits per heavy atom. The summed E-state index contributed by atoms with van der Waals surface area (Å²) in [5.74, 6) is 0.518. The molecule has 0 unspecified atom stereocenters. The minimum Gasteiger partial charge on any atom is -0.493 e. The molecule has 2 aromatic rings. The molecule has 0 atom stereocenters. The minimum atomic E-state index is -0.403. The molecule has 0 saturated carbocycles. The quantitative estimate of drug-likeness (QED) is 0.742. The number of hydrogen-bond donors (Lipinski definition) is 2. The topological polar surface area (TPSA) is 50.7 Å². The van der Waals surface area contributed by atoms with Crippen LogP contribution in [-0.4, -0.2) is 24.4 Å². The van der Waals surface area contributed by atoms with Crippen LogP contribution in [0.5, 0.6) is 11.5 Å². The number of methoxy groups -OCH3 is 1. The number of halogens is 2. The summed E-state index contributed by atoms with van der Waals surface area (Å²) in [7, 11) is 1.52. The van der Waals surface area contributed by atoms with Crippen molar-refractivity contribution in [3.8, 4) is 11.5 Å². The molecule has 2 N–H and O–H groups in total. The first-order valence-electron chi connectivity index (χ1n) is 7.95. The smallest absolute Gasteiger partial charge is 0.180 e. The van der Waals surface area contributed by atoms with E-state index in [1.165, 1.54) is 13.2 Å². The SMILES string of the molecule is COc1cc(CNC(C)(C)CO)cc(Cl)c1OCc1ccccc1F. The third-order valence-electron chi connectivity index (χ3n) is 3.79. The fraction of sp³-hybridized carbons (Fsp3) is 0.368. The molecule has 0 bridgehead atoms. The first-order chi connectivity index (χ1) is 11.9. The standard InChI is InChI=1S/C19H23ClFNO3/c1-19(2,12-23)22-10-13-8-15(20)18(17(9-13)24-3)25-11-14-6-4-5-7-16(14)21/h4-9,22-23H,10-12H2,1-3H3. The van der Waals surface area contributed by atoms with Gasteiger partial charge in [0.25, 0.3) is 0 Å². The highest BCUT2D eigenvalue weighted by molar-refractivity contribution is 6.32. The van der Waals surface area contributed by atoms with Crippen molar-refractivity contribution >= 4 is 11.6 Å². The van der Waals surface area contributed by atoms with Gasteiger partial charge in [-0.15, -0.1) is 0 Å². The van der Waals surface area contributed by atoms with Crippen molar-refractivity contribution < 1.29 is 19.0 Å². The van der Waals surface area contributed by atoms with E-state index >= 15 is 0 Å². The molecular formula is C19H23ClFNO3. The highest BCUT2D eigenvalue weighted by Crippen LogP contribution is 2.37. The molecule has 0 aliphatic heterocycles. The third-order valence-corrected chi connectivity index (χ3v) is 4.07. The Morgan fingerprint density at radius 3 is 2.60 bits per heavy atom. The first-order valence-corrected chi connectivity index (χ1v) is 8.32. The second-order valence-corrected chi connectivity index (χ2v) is 6.79. The van der Waals surface area contributed by atoms with Crippen LogP contribution >= 0.6 is 11.6 Å². The van der Waals surface area contributed by atoms with E-state index in [1.807, 2.05) is 19.9 Å². The summed E-state index contributed by atoms with van der Waals surface area (Å²) in [5.41, 5.74) is 0.928. The van der Waals surface area contributed by atoms with E-state index < -0.39 is 5.54 Å². The zero-order valence-electron chi connectivity index (χ0n) is 14.6. The van der Waals surface area contributed by atoms with Gasteiger partial charge in [-0.05, 0) is 37.6 Å². The van der Waals surface area contributed by atoms with Crippen LogP contribution in [0.2, 0.25) is 5.02 Å². The van der Waals surface area contributed by atoms with Gasteiger partial charge >= 0.3 is 0 Å². The van der Waals surface area contributed by atoms with E-state index in [1.54, 1.807) is 24.3 Å². The molecule has 0 fully saturated rings. The highest BCUT2D eigenvalue weighted by Gasteiger charge is 2.17. The number of benzene rings is 2. The van der Waals surface area contributed by atoms with Crippen LogP contribution in [0.25, 0.3) is 0 Å². The van der Waals surface area contributed by atoms with Crippen LogP contribution in [0.3, 0.4) is 0 Å². The van der Waals surface area contributed by atoms with Crippen molar-refractivity contribution in [3.63, 3.8) is 0 Å². The zero-order chi connectivity index (χ0) is 18.4. The Bertz CT molecular complexity index is 722. The van der Waals surface area contributed by atoms with Crippen LogP contribution in [0.4, 0.5) is 4.39 Å². The summed E-state index contributed by atoms with van der Waals surface area (Å²) in [6.07, 6.45) is 0. The normalized spacial score (nSPS) is 11.4. The molecule has 136 valence electrons. The molecule has 25 heavy (non-hydrogen) atoms. The lowest BCUT2D eigenvalue weighted by Gasteiger charge is -2.24. The zero-order valence-corrected chi connectivity index (χ0v) is 15.4. The van der Waals surface area contributed by atoms with Crippen LogP contribution < -0.4 is 14.8 Å². The van der Waals surface area contributed by atoms with Gasteiger partial charge in [-0.3, -0.25) is 0 Å². The molecular weight excluding hydrogens is 345 g/mol. The van der Waals surface area contributed by atoms with Gasteiger partial charge in [0.1, 0.15) is 12.4 Å². The van der Waals surface area contributed by atoms with Gasteiger partial charge in [0.15, 0.2) is 11.5 Å². The molecule has 2 aromatic carbocycles. The Morgan fingerprint density at radius 1 is 1.24 bits per heavy atom. The lowest BCUT2D eigenvalue weighted by Crippen LogP contribution is -2.42. The van der Waals surface area contributed by atoms with Crippen molar-refractivity contribution in [1.29, 1.82) is 0 Å². The van der Waals surface area contributed by atoms with Gasteiger partial charge in [0.05, 0.1) is 18.7 Å². The van der Waals surface area contributed by atoms with E-state index in [0.29, 0.717) is 28.6 Å². The number of aliphatic hydroxyl groups excluding tert-OH is 1. The van der Waals surface area contributed by atoms with Crippen molar-refractivity contribution in [1.82, 2.24) is 5.32 Å². The minimum absolute atomic E-state index is 0.0156. The number of rotatable bonds is 8. The van der Waals surface area contributed by atoms with Gasteiger partial charge in [0.2, 0.25) is 0 Å². The van der Waals surface area contributed by atoms with Crippen molar-refractivity contribution in [2.75, 3.05) is 13.7 Å². The van der Waals surface area contributed by atoms with Crippen LogP contribution in [-0.2, 0) is 13.2 Å². The van der Waals surface area contributed by atoms with Crippen LogP contribution in [0.1, 0.15) is 25.0 Å². The molecule has 0 heterocycles. The maximum absolute atomic E-state index is 13.7. The number of nitrogens with one attached hydrogen (secondary N) is 1. The summed E-state index contributed by atoms with van der Waals surface area (Å²) < 4.78 is 24.8. The summed E-state index contributed by atoms with van der Waals surface area (Å²) in [4.78, 5) is 0. The predicted molar refractivity (Wildman–Crippen MR) is 96.7 cm³/mol. The molecule has 0 aliphatic rings. The van der Waals surface area contributed by atoms with E-state index in [2.05, 4.69) is 5.32 Å². The van der Waals surface area contributed by atoms with E-state index in [9.17, 15) is 9.50 Å². The Labute approximate surface area is 152 Å². The Balaban J connectivity index is 2.15. The monoisotopic (exact) mass is 367 g/mol. The lowest BCUT2D eigenvalue weighted by atomic mass is 10.1. The fourth-order valence-corrected chi connectivity index (χ4v) is 2.47. The molecule has 0 radical (unpaired) electrons. The molecule has 0 spiro atoms. The van der Waals surface area contributed by atoms with E-state index in [4.69, 9.17) is 21.1 Å². The average Bonchev–Trinajstić information content (AvgIpc) is 2.60. The largest absolute Gasteiger partial charge is 0.493 e. The maximum atomic E-state index is 13.7. The number of hydrogen-bond acceptors (Lipinski definition) is 4. The van der Waals surface area contributed by atoms with Gasteiger partial charge in [-0.25, -0.2) is 4.39 Å². The van der Waals surface area contributed by atoms with Gasteiger partial charge < -0.3 is 19.9 Å². The van der Waals surface area contributed by atoms with E-state index in [0.717, 1.165) is 5.56 Å². The molecule has 0 saturated heterocycles. The van der Waals surface area contributed by atoms with Crippen LogP contribution in [0.15, 0.2) is 36.4 Å². The number of aliphatic hydroxyl groups is 1. The van der Waals surface area contributed by atoms with Crippen LogP contribution in [0, 0.1) is 5.82 Å². The van der Waals surface area contributed by atoms with Crippen molar-refractivity contribution in [2.45, 2.75) is 32.5 Å². The molecule has 6 heteroatoms. The van der Waals surface area contributed by atoms with E-state index in [-0.39, 0.29) is 19.0 Å².